The monoisotopic (exact) mass is 389 g/mol. The molecule has 0 aliphatic carbocycles. The van der Waals surface area contributed by atoms with Crippen molar-refractivity contribution in [3.63, 3.8) is 0 Å². The van der Waals surface area contributed by atoms with Crippen molar-refractivity contribution in [1.82, 2.24) is 10.2 Å². The van der Waals surface area contributed by atoms with Gasteiger partial charge in [-0.1, -0.05) is 36.4 Å². The zero-order chi connectivity index (χ0) is 19.5. The van der Waals surface area contributed by atoms with Crippen LogP contribution >= 0.6 is 12.2 Å². The third kappa shape index (κ3) is 3.30. The van der Waals surface area contributed by atoms with Gasteiger partial charge in [0.1, 0.15) is 11.9 Å². The summed E-state index contributed by atoms with van der Waals surface area (Å²) >= 11 is 5.74. The molecule has 2 aromatic rings. The Morgan fingerprint density at radius 1 is 1.07 bits per heavy atom. The van der Waals surface area contributed by atoms with Crippen LogP contribution in [0, 0.1) is 11.3 Å². The Balaban J connectivity index is 1.71. The fourth-order valence-electron chi connectivity index (χ4n) is 3.66. The molecule has 0 bridgehead atoms. The lowest BCUT2D eigenvalue weighted by molar-refractivity contribution is 0.254. The lowest BCUT2D eigenvalue weighted by Gasteiger charge is -2.41. The second-order valence-corrected chi connectivity index (χ2v) is 6.99. The first-order valence-electron chi connectivity index (χ1n) is 9.12. The molecule has 1 atom stereocenters. The number of hydrogen-bond acceptors (Lipinski definition) is 3. The van der Waals surface area contributed by atoms with Gasteiger partial charge in [0.25, 0.3) is 0 Å². The number of amides is 2. The molecule has 1 saturated heterocycles. The van der Waals surface area contributed by atoms with Gasteiger partial charge in [0.2, 0.25) is 0 Å². The number of carbonyl (C=O) groups excluding carboxylic acids is 1. The number of thiocarbonyl (C=S) groups is 1. The number of nitrogens with zero attached hydrogens (tertiary/aromatic N) is 3. The standard InChI is InChI=1S/C21H19N5OS/c22-14-17-18-12-7-13-25(18)21(28)26(16-10-5-2-6-11-16)19(17)24-20(27)23-15-8-3-1-4-9-15/h1-6,8-11,18H,7,12-13H2,(H2,23,24,27). The number of urea groups is 1. The average molecular weight is 389 g/mol. The van der Waals surface area contributed by atoms with Crippen LogP contribution in [-0.2, 0) is 0 Å². The SMILES string of the molecule is N#CC1=C(NC(=O)Nc2ccccc2)N(c2ccccc2)C(=S)N2CCCC12. The van der Waals surface area contributed by atoms with Crippen LogP contribution in [0.3, 0.4) is 0 Å². The van der Waals surface area contributed by atoms with Crippen LogP contribution in [-0.4, -0.2) is 28.6 Å². The maximum absolute atomic E-state index is 12.7. The molecule has 28 heavy (non-hydrogen) atoms. The number of nitrogens with one attached hydrogen (secondary N) is 2. The van der Waals surface area contributed by atoms with E-state index in [1.165, 1.54) is 0 Å². The summed E-state index contributed by atoms with van der Waals surface area (Å²) in [5.74, 6) is 0.426. The van der Waals surface area contributed by atoms with Crippen LogP contribution < -0.4 is 15.5 Å². The Labute approximate surface area is 169 Å². The summed E-state index contributed by atoms with van der Waals surface area (Å²) in [5.41, 5.74) is 2.00. The minimum Gasteiger partial charge on any atom is -0.341 e. The molecule has 2 aliphatic heterocycles. The van der Waals surface area contributed by atoms with E-state index >= 15 is 0 Å². The van der Waals surface area contributed by atoms with E-state index in [1.54, 1.807) is 17.0 Å². The van der Waals surface area contributed by atoms with Crippen LogP contribution in [0.1, 0.15) is 12.8 Å². The number of benzene rings is 2. The van der Waals surface area contributed by atoms with Crippen LogP contribution in [0.2, 0.25) is 0 Å². The second kappa shape index (κ2) is 7.71. The van der Waals surface area contributed by atoms with E-state index in [9.17, 15) is 10.1 Å². The summed E-state index contributed by atoms with van der Waals surface area (Å²) < 4.78 is 0. The zero-order valence-corrected chi connectivity index (χ0v) is 15.9. The molecule has 1 unspecified atom stereocenters. The van der Waals surface area contributed by atoms with E-state index in [1.807, 2.05) is 48.5 Å². The Morgan fingerprint density at radius 2 is 1.75 bits per heavy atom. The van der Waals surface area contributed by atoms with E-state index in [-0.39, 0.29) is 6.04 Å². The lowest BCUT2D eigenvalue weighted by atomic mass is 10.0. The maximum atomic E-state index is 12.7. The summed E-state index contributed by atoms with van der Waals surface area (Å²) in [7, 11) is 0. The Hall–Kier alpha value is -3.37. The summed E-state index contributed by atoms with van der Waals surface area (Å²) in [6.45, 7) is 0.807. The van der Waals surface area contributed by atoms with Crippen LogP contribution in [0.4, 0.5) is 16.2 Å². The normalized spacial score (nSPS) is 18.5. The van der Waals surface area contributed by atoms with Crippen LogP contribution in [0.25, 0.3) is 0 Å². The van der Waals surface area contributed by atoms with E-state index in [4.69, 9.17) is 12.2 Å². The Bertz CT molecular complexity index is 967. The molecule has 2 heterocycles. The predicted octanol–water partition coefficient (Wildman–Crippen LogP) is 3.81. The minimum atomic E-state index is -0.413. The molecule has 140 valence electrons. The number of fused-ring (bicyclic) bond motifs is 1. The maximum Gasteiger partial charge on any atom is 0.324 e. The van der Waals surface area contributed by atoms with Gasteiger partial charge in [0.05, 0.1) is 11.6 Å². The molecule has 2 amide bonds. The van der Waals surface area contributed by atoms with Gasteiger partial charge in [-0.3, -0.25) is 10.2 Å². The van der Waals surface area contributed by atoms with Gasteiger partial charge < -0.3 is 10.2 Å². The fourth-order valence-corrected chi connectivity index (χ4v) is 4.07. The highest BCUT2D eigenvalue weighted by Crippen LogP contribution is 2.35. The van der Waals surface area contributed by atoms with Gasteiger partial charge in [-0.15, -0.1) is 0 Å². The quantitative estimate of drug-likeness (QED) is 0.781. The molecule has 2 N–H and O–H groups in total. The van der Waals surface area contributed by atoms with Crippen molar-refractivity contribution in [3.8, 4) is 6.07 Å². The van der Waals surface area contributed by atoms with Crippen molar-refractivity contribution in [1.29, 1.82) is 5.26 Å². The fraction of sp³-hybridized carbons (Fsp3) is 0.190. The highest BCUT2D eigenvalue weighted by atomic mass is 32.1. The van der Waals surface area contributed by atoms with Gasteiger partial charge in [-0.25, -0.2) is 4.79 Å². The van der Waals surface area contributed by atoms with Crippen molar-refractivity contribution >= 4 is 34.7 Å². The lowest BCUT2D eigenvalue weighted by Crippen LogP contribution is -2.54. The molecule has 0 spiro atoms. The van der Waals surface area contributed by atoms with Gasteiger partial charge in [0.15, 0.2) is 5.11 Å². The zero-order valence-electron chi connectivity index (χ0n) is 15.1. The van der Waals surface area contributed by atoms with Crippen molar-refractivity contribution < 1.29 is 4.79 Å². The number of para-hydroxylation sites is 2. The number of anilines is 2. The topological polar surface area (TPSA) is 71.4 Å². The van der Waals surface area contributed by atoms with Crippen molar-refractivity contribution in [2.45, 2.75) is 18.9 Å². The molecule has 6 nitrogen and oxygen atoms in total. The number of hydrogen-bond donors (Lipinski definition) is 2. The first kappa shape index (κ1) is 18.0. The highest BCUT2D eigenvalue weighted by molar-refractivity contribution is 7.80. The number of nitriles is 1. The predicted molar refractivity (Wildman–Crippen MR) is 112 cm³/mol. The van der Waals surface area contributed by atoms with Crippen LogP contribution in [0.15, 0.2) is 72.1 Å². The van der Waals surface area contributed by atoms with Crippen molar-refractivity contribution in [2.75, 3.05) is 16.8 Å². The molecule has 1 fully saturated rings. The van der Waals surface area contributed by atoms with Gasteiger partial charge in [-0.2, -0.15) is 5.26 Å². The third-order valence-electron chi connectivity index (χ3n) is 4.90. The Morgan fingerprint density at radius 3 is 2.43 bits per heavy atom. The van der Waals surface area contributed by atoms with Gasteiger partial charge in [-0.05, 0) is 49.3 Å². The van der Waals surface area contributed by atoms with Gasteiger partial charge in [0, 0.05) is 17.9 Å². The van der Waals surface area contributed by atoms with Crippen molar-refractivity contribution in [3.05, 3.63) is 72.1 Å². The molecule has 2 aliphatic rings. The molecule has 0 radical (unpaired) electrons. The van der Waals surface area contributed by atoms with Gasteiger partial charge >= 0.3 is 6.03 Å². The molecule has 2 aromatic carbocycles. The number of rotatable bonds is 3. The van der Waals surface area contributed by atoms with Crippen molar-refractivity contribution in [2.24, 2.45) is 0 Å². The minimum absolute atomic E-state index is 0.0931. The summed E-state index contributed by atoms with van der Waals surface area (Å²) in [4.78, 5) is 16.5. The average Bonchev–Trinajstić information content (AvgIpc) is 3.20. The van der Waals surface area contributed by atoms with E-state index < -0.39 is 6.03 Å². The largest absolute Gasteiger partial charge is 0.341 e. The Kier molecular flexibility index (Phi) is 4.96. The first-order chi connectivity index (χ1) is 13.7. The third-order valence-corrected chi connectivity index (χ3v) is 5.32. The summed E-state index contributed by atoms with van der Waals surface area (Å²) in [6.07, 6.45) is 1.80. The molecular weight excluding hydrogens is 370 g/mol. The molecule has 7 heteroatoms. The number of carbonyl (C=O) groups is 1. The molecule has 0 saturated carbocycles. The highest BCUT2D eigenvalue weighted by Gasteiger charge is 2.41. The van der Waals surface area contributed by atoms with E-state index in [0.29, 0.717) is 22.2 Å². The van der Waals surface area contributed by atoms with E-state index in [2.05, 4.69) is 21.6 Å². The molecular formula is C21H19N5OS. The summed E-state index contributed by atoms with van der Waals surface area (Å²) in [5, 5.41) is 16.2. The first-order valence-corrected chi connectivity index (χ1v) is 9.53. The second-order valence-electron chi connectivity index (χ2n) is 6.62. The smallest absolute Gasteiger partial charge is 0.324 e. The molecule has 4 rings (SSSR count). The van der Waals surface area contributed by atoms with Crippen LogP contribution in [0.5, 0.6) is 0 Å². The molecule has 0 aromatic heterocycles. The van der Waals surface area contributed by atoms with E-state index in [0.717, 1.165) is 25.1 Å². The summed E-state index contributed by atoms with van der Waals surface area (Å²) in [6, 6.07) is 20.5.